The smallest absolute Gasteiger partial charge is 0.211 e. The molecule has 0 radical (unpaired) electrons. The van der Waals surface area contributed by atoms with Gasteiger partial charge in [-0.3, -0.25) is 4.79 Å². The fourth-order valence-electron chi connectivity index (χ4n) is 2.61. The zero-order valence-electron chi connectivity index (χ0n) is 14.4. The minimum absolute atomic E-state index is 0.0643. The van der Waals surface area contributed by atoms with E-state index in [9.17, 15) is 9.90 Å². The highest BCUT2D eigenvalue weighted by Crippen LogP contribution is 2.26. The molecule has 6 N–H and O–H groups in total. The van der Waals surface area contributed by atoms with Crippen molar-refractivity contribution in [3.63, 3.8) is 0 Å². The van der Waals surface area contributed by atoms with Gasteiger partial charge in [0, 0.05) is 22.6 Å². The molecule has 3 rings (SSSR count). The van der Waals surface area contributed by atoms with Gasteiger partial charge >= 0.3 is 0 Å². The van der Waals surface area contributed by atoms with Crippen LogP contribution < -0.4 is 16.8 Å². The molecule has 1 aliphatic rings. The lowest BCUT2D eigenvalue weighted by Gasteiger charge is -2.19. The number of nitrogens with one attached hydrogen (secondary N) is 1. The van der Waals surface area contributed by atoms with E-state index in [0.29, 0.717) is 34.8 Å². The first-order chi connectivity index (χ1) is 12.5. The van der Waals surface area contributed by atoms with Gasteiger partial charge in [-0.1, -0.05) is 6.92 Å². The Balaban J connectivity index is 1.99. The van der Waals surface area contributed by atoms with E-state index in [-0.39, 0.29) is 17.3 Å². The number of carbonyl (C=O) groups excluding carboxylic acids is 1. The topological polar surface area (TPSA) is 114 Å². The van der Waals surface area contributed by atoms with Crippen molar-refractivity contribution in [1.29, 1.82) is 0 Å². The van der Waals surface area contributed by atoms with E-state index in [0.717, 1.165) is 5.69 Å². The number of allylic oxidation sites excluding steroid dienone is 2. The third-order valence-corrected chi connectivity index (χ3v) is 4.01. The number of ketones is 1. The van der Waals surface area contributed by atoms with Crippen molar-refractivity contribution in [1.82, 2.24) is 0 Å². The SMILES string of the molecule is CCC1=C(O)C(Nc2ccc(N)cc2)=CC(=Nc2ccc(N)cc2)C1=O. The summed E-state index contributed by atoms with van der Waals surface area (Å²) in [5.41, 5.74) is 15.0. The summed E-state index contributed by atoms with van der Waals surface area (Å²) >= 11 is 0. The zero-order chi connectivity index (χ0) is 18.7. The molecular formula is C20H20N4O2. The van der Waals surface area contributed by atoms with Gasteiger partial charge in [0.2, 0.25) is 5.78 Å². The van der Waals surface area contributed by atoms with Crippen molar-refractivity contribution in [3.8, 4) is 0 Å². The van der Waals surface area contributed by atoms with Crippen molar-refractivity contribution < 1.29 is 9.90 Å². The lowest BCUT2D eigenvalue weighted by Crippen LogP contribution is -2.23. The van der Waals surface area contributed by atoms with Crippen molar-refractivity contribution in [2.75, 3.05) is 16.8 Å². The number of Topliss-reactive ketones (excluding diaryl/α,β-unsaturated/α-hetero) is 1. The van der Waals surface area contributed by atoms with E-state index < -0.39 is 0 Å². The Hall–Kier alpha value is -3.54. The molecule has 0 bridgehead atoms. The predicted molar refractivity (Wildman–Crippen MR) is 105 cm³/mol. The van der Waals surface area contributed by atoms with Crippen molar-refractivity contribution in [2.24, 2.45) is 4.99 Å². The second-order valence-electron chi connectivity index (χ2n) is 5.90. The van der Waals surface area contributed by atoms with Gasteiger partial charge < -0.3 is 21.9 Å². The minimum Gasteiger partial charge on any atom is -0.505 e. The fourth-order valence-corrected chi connectivity index (χ4v) is 2.61. The van der Waals surface area contributed by atoms with E-state index >= 15 is 0 Å². The molecular weight excluding hydrogens is 328 g/mol. The molecule has 2 aromatic carbocycles. The maximum atomic E-state index is 12.6. The van der Waals surface area contributed by atoms with Crippen LogP contribution in [0.4, 0.5) is 22.7 Å². The molecule has 0 saturated heterocycles. The van der Waals surface area contributed by atoms with E-state index in [4.69, 9.17) is 11.5 Å². The summed E-state index contributed by atoms with van der Waals surface area (Å²) < 4.78 is 0. The van der Waals surface area contributed by atoms with Crippen LogP contribution >= 0.6 is 0 Å². The van der Waals surface area contributed by atoms with Crippen molar-refractivity contribution >= 4 is 34.2 Å². The molecule has 26 heavy (non-hydrogen) atoms. The second-order valence-corrected chi connectivity index (χ2v) is 5.90. The van der Waals surface area contributed by atoms with Crippen LogP contribution in [-0.4, -0.2) is 16.6 Å². The van der Waals surface area contributed by atoms with Crippen LogP contribution in [0.2, 0.25) is 0 Å². The number of aliphatic hydroxyl groups is 1. The van der Waals surface area contributed by atoms with Gasteiger partial charge in [-0.15, -0.1) is 0 Å². The van der Waals surface area contributed by atoms with E-state index in [1.54, 1.807) is 54.6 Å². The number of nitrogens with two attached hydrogens (primary N) is 2. The highest BCUT2D eigenvalue weighted by atomic mass is 16.3. The molecule has 132 valence electrons. The number of carbonyl (C=O) groups is 1. The maximum Gasteiger partial charge on any atom is 0.211 e. The predicted octanol–water partition coefficient (Wildman–Crippen LogP) is 3.72. The van der Waals surface area contributed by atoms with Gasteiger partial charge in [0.15, 0.2) is 0 Å². The number of nitrogen functional groups attached to an aromatic ring is 2. The van der Waals surface area contributed by atoms with Gasteiger partial charge in [-0.05, 0) is 61.0 Å². The number of benzene rings is 2. The standard InChI is InChI=1S/C20H20N4O2/c1-2-16-19(25)17(23-14-7-3-12(21)4-8-14)11-18(20(16)26)24-15-9-5-13(22)6-10-15/h3-11,23,25H,2,21-22H2,1H3. The number of anilines is 3. The summed E-state index contributed by atoms with van der Waals surface area (Å²) in [4.78, 5) is 17.0. The van der Waals surface area contributed by atoms with Crippen LogP contribution in [0.3, 0.4) is 0 Å². The highest BCUT2D eigenvalue weighted by Gasteiger charge is 2.26. The Labute approximate surface area is 151 Å². The van der Waals surface area contributed by atoms with Crippen LogP contribution in [0.15, 0.2) is 76.6 Å². The fraction of sp³-hybridized carbons (Fsp3) is 0.100. The molecule has 0 heterocycles. The first-order valence-corrected chi connectivity index (χ1v) is 8.23. The van der Waals surface area contributed by atoms with Crippen LogP contribution in [0.25, 0.3) is 0 Å². The Morgan fingerprint density at radius 2 is 1.58 bits per heavy atom. The molecule has 0 aromatic heterocycles. The highest BCUT2D eigenvalue weighted by molar-refractivity contribution is 6.51. The van der Waals surface area contributed by atoms with Gasteiger partial charge in [-0.2, -0.15) is 0 Å². The molecule has 0 unspecified atom stereocenters. The summed E-state index contributed by atoms with van der Waals surface area (Å²) in [6, 6.07) is 14.0. The molecule has 6 nitrogen and oxygen atoms in total. The lowest BCUT2D eigenvalue weighted by atomic mass is 9.95. The van der Waals surface area contributed by atoms with Gasteiger partial charge in [-0.25, -0.2) is 4.99 Å². The summed E-state index contributed by atoms with van der Waals surface area (Å²) in [6.07, 6.45) is 1.94. The van der Waals surface area contributed by atoms with Crippen LogP contribution in [0.1, 0.15) is 13.3 Å². The first-order valence-electron chi connectivity index (χ1n) is 8.23. The molecule has 6 heteroatoms. The number of hydrogen-bond acceptors (Lipinski definition) is 6. The number of aliphatic hydroxyl groups excluding tert-OH is 1. The Bertz CT molecular complexity index is 923. The van der Waals surface area contributed by atoms with E-state index in [1.165, 1.54) is 0 Å². The number of aliphatic imine (C=N–C) groups is 1. The normalized spacial score (nSPS) is 16.0. The molecule has 1 aliphatic carbocycles. The Morgan fingerprint density at radius 3 is 2.15 bits per heavy atom. The Kier molecular flexibility index (Phi) is 4.75. The summed E-state index contributed by atoms with van der Waals surface area (Å²) in [7, 11) is 0. The quantitative estimate of drug-likeness (QED) is 0.497. The summed E-state index contributed by atoms with van der Waals surface area (Å²) in [5.74, 6) is -0.352. The average molecular weight is 348 g/mol. The zero-order valence-corrected chi connectivity index (χ0v) is 14.4. The largest absolute Gasteiger partial charge is 0.505 e. The number of nitrogens with zero attached hydrogens (tertiary/aromatic N) is 1. The first kappa shape index (κ1) is 17.3. The minimum atomic E-state index is -0.287. The van der Waals surface area contributed by atoms with Gasteiger partial charge in [0.1, 0.15) is 11.5 Å². The second kappa shape index (κ2) is 7.14. The number of rotatable bonds is 4. The monoisotopic (exact) mass is 348 g/mol. The maximum absolute atomic E-state index is 12.6. The Morgan fingerprint density at radius 1 is 1.00 bits per heavy atom. The van der Waals surface area contributed by atoms with Crippen molar-refractivity contribution in [2.45, 2.75) is 13.3 Å². The van der Waals surface area contributed by atoms with E-state index in [2.05, 4.69) is 10.3 Å². The van der Waals surface area contributed by atoms with Crippen LogP contribution in [0.5, 0.6) is 0 Å². The lowest BCUT2D eigenvalue weighted by molar-refractivity contribution is -0.110. The third kappa shape index (κ3) is 3.59. The summed E-state index contributed by atoms with van der Waals surface area (Å²) in [5, 5.41) is 13.6. The van der Waals surface area contributed by atoms with Crippen molar-refractivity contribution in [3.05, 3.63) is 71.6 Å². The molecule has 2 aromatic rings. The molecule has 0 saturated carbocycles. The molecule has 0 amide bonds. The van der Waals surface area contributed by atoms with E-state index in [1.807, 2.05) is 6.92 Å². The van der Waals surface area contributed by atoms with Gasteiger partial charge in [0.05, 0.1) is 11.4 Å². The molecule has 0 fully saturated rings. The summed E-state index contributed by atoms with van der Waals surface area (Å²) in [6.45, 7) is 1.82. The van der Waals surface area contributed by atoms with Gasteiger partial charge in [0.25, 0.3) is 0 Å². The number of hydrogen-bond donors (Lipinski definition) is 4. The molecule has 0 spiro atoms. The molecule has 0 atom stereocenters. The van der Waals surface area contributed by atoms with Crippen LogP contribution in [-0.2, 0) is 4.79 Å². The van der Waals surface area contributed by atoms with Crippen LogP contribution in [0, 0.1) is 0 Å². The molecule has 0 aliphatic heterocycles. The third-order valence-electron chi connectivity index (χ3n) is 4.01. The average Bonchev–Trinajstić information content (AvgIpc) is 2.63.